The number of aliphatic hydroxyl groups excluding tert-OH is 1. The molecule has 1 saturated heterocycles. The summed E-state index contributed by atoms with van der Waals surface area (Å²) in [4.78, 5) is 52.5. The molecule has 9 atom stereocenters. The van der Waals surface area contributed by atoms with Crippen molar-refractivity contribution in [1.82, 2.24) is 0 Å². The Hall–Kier alpha value is -2.84. The first-order valence-corrected chi connectivity index (χ1v) is 17.6. The molecule has 1 heterocycles. The summed E-state index contributed by atoms with van der Waals surface area (Å²) in [5.41, 5.74) is -0.185. The number of unbranched alkanes of at least 4 members (excludes halogenated alkanes) is 6. The lowest BCUT2D eigenvalue weighted by Gasteiger charge is -2.43. The van der Waals surface area contributed by atoms with E-state index in [4.69, 9.17) is 29.4 Å². The van der Waals surface area contributed by atoms with Crippen molar-refractivity contribution in [1.29, 1.82) is 0 Å². The highest BCUT2D eigenvalue weighted by atomic mass is 16.7. The van der Waals surface area contributed by atoms with Crippen molar-refractivity contribution in [2.24, 2.45) is 11.7 Å². The van der Waals surface area contributed by atoms with Gasteiger partial charge in [-0.15, -0.1) is 0 Å². The minimum absolute atomic E-state index is 0.0148. The first-order valence-electron chi connectivity index (χ1n) is 17.6. The van der Waals surface area contributed by atoms with Crippen LogP contribution in [0.3, 0.4) is 0 Å². The molecular weight excluding hydrogens is 638 g/mol. The molecule has 13 heteroatoms. The van der Waals surface area contributed by atoms with Crippen LogP contribution < -0.4 is 5.73 Å². The Balaban J connectivity index is 2.18. The van der Waals surface area contributed by atoms with E-state index in [1.54, 1.807) is 33.8 Å². The number of aliphatic hydroxyl groups is 3. The first kappa shape index (κ1) is 40.6. The minimum atomic E-state index is -2.49. The van der Waals surface area contributed by atoms with Crippen LogP contribution in [0.2, 0.25) is 0 Å². The molecule has 2 fully saturated rings. The second kappa shape index (κ2) is 16.9. The van der Waals surface area contributed by atoms with Crippen LogP contribution in [0.1, 0.15) is 119 Å². The summed E-state index contributed by atoms with van der Waals surface area (Å²) in [5.74, 6) is -3.77. The number of carbonyl (C=O) groups is 4. The van der Waals surface area contributed by atoms with Gasteiger partial charge in [-0.3, -0.25) is 14.4 Å². The van der Waals surface area contributed by atoms with Crippen LogP contribution >= 0.6 is 0 Å². The van der Waals surface area contributed by atoms with Gasteiger partial charge in [-0.1, -0.05) is 45.1 Å². The van der Waals surface area contributed by atoms with Crippen LogP contribution in [-0.2, 0) is 42.9 Å². The Morgan fingerprint density at radius 3 is 2.10 bits per heavy atom. The summed E-state index contributed by atoms with van der Waals surface area (Å²) in [7, 11) is 0. The quantitative estimate of drug-likeness (QED) is 0.0602. The number of ether oxygens (including phenoxy) is 5. The van der Waals surface area contributed by atoms with Crippen LogP contribution in [0.4, 0.5) is 0 Å². The van der Waals surface area contributed by atoms with Crippen molar-refractivity contribution < 1.29 is 58.2 Å². The molecule has 0 aromatic rings. The fourth-order valence-electron chi connectivity index (χ4n) is 7.41. The Morgan fingerprint density at radius 2 is 1.53 bits per heavy atom. The van der Waals surface area contributed by atoms with Crippen LogP contribution in [0.15, 0.2) is 22.8 Å². The van der Waals surface area contributed by atoms with Crippen molar-refractivity contribution in [3.8, 4) is 0 Å². The summed E-state index contributed by atoms with van der Waals surface area (Å²) in [6, 6.07) is 0. The summed E-state index contributed by atoms with van der Waals surface area (Å²) < 4.78 is 29.8. The highest BCUT2D eigenvalue weighted by Gasteiger charge is 2.75. The van der Waals surface area contributed by atoms with Crippen molar-refractivity contribution in [3.63, 3.8) is 0 Å². The molecule has 0 radical (unpaired) electrons. The number of nitrogens with two attached hydrogens (primary N) is 1. The summed E-state index contributed by atoms with van der Waals surface area (Å²) in [5, 5.41) is 35.2. The van der Waals surface area contributed by atoms with Gasteiger partial charge in [0.1, 0.15) is 23.4 Å². The summed E-state index contributed by atoms with van der Waals surface area (Å²) in [6.07, 6.45) is -0.0336. The van der Waals surface area contributed by atoms with Gasteiger partial charge in [0.05, 0.1) is 5.92 Å². The highest BCUT2D eigenvalue weighted by molar-refractivity contribution is 5.88. The molecule has 3 rings (SSSR count). The Kier molecular flexibility index (Phi) is 14.0. The molecule has 5 N–H and O–H groups in total. The van der Waals surface area contributed by atoms with Gasteiger partial charge < -0.3 is 44.7 Å². The number of hydrogen-bond donors (Lipinski definition) is 4. The lowest BCUT2D eigenvalue weighted by molar-refractivity contribution is -0.228. The van der Waals surface area contributed by atoms with Gasteiger partial charge in [0, 0.05) is 31.8 Å². The first-order chi connectivity index (χ1) is 23.0. The zero-order valence-electron chi connectivity index (χ0n) is 30.1. The Bertz CT molecular complexity index is 1280. The van der Waals surface area contributed by atoms with Gasteiger partial charge in [0.25, 0.3) is 0 Å². The zero-order valence-corrected chi connectivity index (χ0v) is 30.1. The van der Waals surface area contributed by atoms with E-state index in [1.807, 2.05) is 0 Å². The molecule has 49 heavy (non-hydrogen) atoms. The number of hydrogen-bond acceptors (Lipinski definition) is 13. The summed E-state index contributed by atoms with van der Waals surface area (Å²) >= 11 is 0. The summed E-state index contributed by atoms with van der Waals surface area (Å²) in [6.45, 7) is 11.3. The van der Waals surface area contributed by atoms with Crippen LogP contribution in [0.5, 0.6) is 0 Å². The van der Waals surface area contributed by atoms with Gasteiger partial charge in [0.15, 0.2) is 24.1 Å². The molecule has 278 valence electrons. The Morgan fingerprint density at radius 1 is 0.939 bits per heavy atom. The molecule has 0 bridgehead atoms. The van der Waals surface area contributed by atoms with E-state index in [9.17, 15) is 34.5 Å². The molecule has 0 aromatic heterocycles. The molecule has 3 aliphatic rings. The number of esters is 4. The number of fused-ring (bicyclic) bond motifs is 3. The molecule has 0 aromatic carbocycles. The van der Waals surface area contributed by atoms with E-state index >= 15 is 0 Å². The predicted octanol–water partition coefficient (Wildman–Crippen LogP) is 3.44. The van der Waals surface area contributed by atoms with E-state index in [1.165, 1.54) is 6.92 Å². The molecule has 1 aliphatic heterocycles. The maximum Gasteiger partial charge on any atom is 0.334 e. The van der Waals surface area contributed by atoms with Gasteiger partial charge in [-0.25, -0.2) is 4.79 Å². The van der Waals surface area contributed by atoms with Crippen molar-refractivity contribution in [2.75, 3.05) is 6.54 Å². The molecule has 1 saturated carbocycles. The molecule has 2 aliphatic carbocycles. The molecule has 0 spiro atoms. The van der Waals surface area contributed by atoms with Gasteiger partial charge in [0.2, 0.25) is 0 Å². The third-order valence-electron chi connectivity index (χ3n) is 10.3. The van der Waals surface area contributed by atoms with Crippen molar-refractivity contribution >= 4 is 23.9 Å². The van der Waals surface area contributed by atoms with Gasteiger partial charge in [-0.2, -0.15) is 0 Å². The van der Waals surface area contributed by atoms with E-state index in [0.29, 0.717) is 43.4 Å². The second-order valence-electron chi connectivity index (χ2n) is 14.1. The second-order valence-corrected chi connectivity index (χ2v) is 14.1. The predicted molar refractivity (Wildman–Crippen MR) is 177 cm³/mol. The third-order valence-corrected chi connectivity index (χ3v) is 10.3. The number of rotatable bonds is 16. The normalized spacial score (nSPS) is 34.1. The SMILES string of the molecule is C/C=C(/C)C(=O)O[C@H]1C(C)=C2[C@H]([C@@H]1OC(=O)CCCCCCC)[C@@](C)(OC(C)=O)C[C@H](OC(=O)CCCCCN)[C@@]1(O)[C@H]2O[C@H](O)[C@@]1(C)O. The molecular formula is C36H57NO12. The fraction of sp³-hybridized carbons (Fsp3) is 0.778. The maximum absolute atomic E-state index is 13.4. The average Bonchev–Trinajstić information content (AvgIpc) is 3.36. The van der Waals surface area contributed by atoms with Crippen molar-refractivity contribution in [2.45, 2.75) is 167 Å². The topological polar surface area (TPSA) is 201 Å². The average molecular weight is 696 g/mol. The number of allylic oxidation sites excluding steroid dienone is 1. The molecule has 13 nitrogen and oxygen atoms in total. The van der Waals surface area contributed by atoms with Crippen LogP contribution in [0, 0.1) is 5.92 Å². The molecule has 0 amide bonds. The monoisotopic (exact) mass is 695 g/mol. The van der Waals surface area contributed by atoms with E-state index in [-0.39, 0.29) is 24.8 Å². The molecule has 0 unspecified atom stereocenters. The van der Waals surface area contributed by atoms with E-state index in [2.05, 4.69) is 6.92 Å². The largest absolute Gasteiger partial charge is 0.459 e. The lowest BCUT2D eigenvalue weighted by atomic mass is 9.75. The van der Waals surface area contributed by atoms with Gasteiger partial charge >= 0.3 is 23.9 Å². The maximum atomic E-state index is 13.4. The fourth-order valence-corrected chi connectivity index (χ4v) is 7.41. The van der Waals surface area contributed by atoms with E-state index in [0.717, 1.165) is 32.6 Å². The number of carbonyl (C=O) groups excluding carboxylic acids is 4. The minimum Gasteiger partial charge on any atom is -0.459 e. The van der Waals surface area contributed by atoms with E-state index < -0.39 is 77.3 Å². The van der Waals surface area contributed by atoms with Crippen molar-refractivity contribution in [3.05, 3.63) is 22.8 Å². The smallest absolute Gasteiger partial charge is 0.334 e. The zero-order chi connectivity index (χ0) is 36.7. The lowest BCUT2D eigenvalue weighted by Crippen LogP contribution is -2.65. The van der Waals surface area contributed by atoms with Gasteiger partial charge in [-0.05, 0) is 71.6 Å². The standard InChI is InChI=1S/C36H57NO12/c1-8-10-11-12-14-18-26(40)46-30-28-27(22(4)29(30)47-32(41)21(3)9-2)31-36(44,35(7,43)33(42)48-31)24(20-34(28,6)49-23(5)38)45-25(39)17-15-13-16-19-37/h9,24,28-31,33,42-44H,8,10-20,37H2,1-7H3/b21-9-/t24-,28+,29-,30-,31-,33-,34-,35+,36+/m0/s1. The van der Waals surface area contributed by atoms with Crippen LogP contribution in [0.25, 0.3) is 0 Å². The highest BCUT2D eigenvalue weighted by Crippen LogP contribution is 2.58. The third kappa shape index (κ3) is 8.56. The Labute approximate surface area is 289 Å². The van der Waals surface area contributed by atoms with Crippen LogP contribution in [-0.4, -0.2) is 93.3 Å².